The monoisotopic (exact) mass is 756 g/mol. The molecule has 0 aliphatic heterocycles. The predicted octanol–water partition coefficient (Wildman–Crippen LogP) is 4.18. The summed E-state index contributed by atoms with van der Waals surface area (Å²) < 4.78 is 0. The first-order chi connectivity index (χ1) is 25.7. The Morgan fingerprint density at radius 1 is 1.09 bits per heavy atom. The number of rotatable bonds is 9. The van der Waals surface area contributed by atoms with E-state index in [0.717, 1.165) is 5.56 Å². The zero-order valence-electron chi connectivity index (χ0n) is 33.3. The van der Waals surface area contributed by atoms with Crippen LogP contribution in [0.5, 0.6) is 0 Å². The van der Waals surface area contributed by atoms with Crippen molar-refractivity contribution in [2.75, 3.05) is 13.6 Å². The van der Waals surface area contributed by atoms with Crippen LogP contribution >= 0.6 is 0 Å². The highest BCUT2D eigenvalue weighted by Gasteiger charge is 2.76. The van der Waals surface area contributed by atoms with Gasteiger partial charge in [-0.2, -0.15) is 0 Å². The molecule has 0 radical (unpaired) electrons. The summed E-state index contributed by atoms with van der Waals surface area (Å²) in [5, 5.41) is 50.4. The van der Waals surface area contributed by atoms with E-state index in [4.69, 9.17) is 11.5 Å². The van der Waals surface area contributed by atoms with E-state index in [-0.39, 0.29) is 48.3 Å². The van der Waals surface area contributed by atoms with Crippen LogP contribution in [0.2, 0.25) is 0 Å². The summed E-state index contributed by atoms with van der Waals surface area (Å²) >= 11 is 0. The summed E-state index contributed by atoms with van der Waals surface area (Å²) in [5.74, 6) is -3.45. The second kappa shape index (κ2) is 14.2. The average molecular weight is 757 g/mol. The van der Waals surface area contributed by atoms with Crippen LogP contribution in [0.25, 0.3) is 6.08 Å². The SMILES string of the molecule is CNCC/C(=C\[C@@H](O)[C@@H]1[C@@H](N=C(N)N)C=C[C@@]2(C[C@H](O)[C@@]3(C)C4=C(C(=O)C[C@]23C)[C@@]2(C)CCC(=O)C(C)(C)[C@H]2[C@H](/C=C/c2ccccc2)[C@H]4O)[C@@H]1C)C(=O)O. The highest BCUT2D eigenvalue weighted by atomic mass is 16.4. The molecule has 2 saturated carbocycles. The molecule has 0 amide bonds. The van der Waals surface area contributed by atoms with Crippen LogP contribution in [-0.4, -0.2) is 81.9 Å². The first-order valence-corrected chi connectivity index (χ1v) is 19.7. The Kier molecular flexibility index (Phi) is 10.6. The van der Waals surface area contributed by atoms with E-state index in [9.17, 15) is 30.0 Å². The summed E-state index contributed by atoms with van der Waals surface area (Å²) in [7, 11) is 1.72. The van der Waals surface area contributed by atoms with Crippen LogP contribution in [-0.2, 0) is 14.4 Å². The minimum Gasteiger partial charge on any atom is -0.478 e. The van der Waals surface area contributed by atoms with Gasteiger partial charge in [-0.25, -0.2) is 9.79 Å². The number of hydrogen-bond acceptors (Lipinski definition) is 8. The summed E-state index contributed by atoms with van der Waals surface area (Å²) in [4.78, 5) is 45.5. The maximum Gasteiger partial charge on any atom is 0.331 e. The fraction of sp³-hybridized carbons (Fsp3) is 0.591. The first-order valence-electron chi connectivity index (χ1n) is 19.7. The van der Waals surface area contributed by atoms with E-state index < -0.39 is 75.2 Å². The van der Waals surface area contributed by atoms with Gasteiger partial charge in [0, 0.05) is 57.5 Å². The molecule has 5 aliphatic rings. The number of fused-ring (bicyclic) bond motifs is 5. The molecule has 1 aromatic rings. The van der Waals surface area contributed by atoms with Crippen LogP contribution in [0.15, 0.2) is 76.3 Å². The third-order valence-electron chi connectivity index (χ3n) is 15.3. The molecule has 5 aliphatic carbocycles. The second-order valence-corrected chi connectivity index (χ2v) is 18.1. The van der Waals surface area contributed by atoms with Crippen molar-refractivity contribution in [1.82, 2.24) is 5.32 Å². The zero-order chi connectivity index (χ0) is 40.5. The number of aliphatic hydroxyl groups excluding tert-OH is 3. The van der Waals surface area contributed by atoms with E-state index in [1.54, 1.807) is 7.05 Å². The van der Waals surface area contributed by atoms with E-state index in [1.807, 2.05) is 89.3 Å². The molecule has 298 valence electrons. The van der Waals surface area contributed by atoms with Gasteiger partial charge in [0.25, 0.3) is 0 Å². The van der Waals surface area contributed by atoms with Crippen LogP contribution in [0.3, 0.4) is 0 Å². The van der Waals surface area contributed by atoms with Crippen molar-refractivity contribution >= 4 is 29.6 Å². The number of benzene rings is 1. The van der Waals surface area contributed by atoms with Crippen molar-refractivity contribution in [2.24, 2.45) is 67.2 Å². The van der Waals surface area contributed by atoms with Crippen molar-refractivity contribution in [1.29, 1.82) is 0 Å². The summed E-state index contributed by atoms with van der Waals surface area (Å²) in [6, 6.07) is 9.06. The predicted molar refractivity (Wildman–Crippen MR) is 212 cm³/mol. The minimum atomic E-state index is -1.29. The lowest BCUT2D eigenvalue weighted by atomic mass is 9.38. The highest BCUT2D eigenvalue weighted by Crippen LogP contribution is 2.77. The van der Waals surface area contributed by atoms with Crippen LogP contribution < -0.4 is 16.8 Å². The molecule has 6 rings (SSSR count). The molecule has 11 heteroatoms. The van der Waals surface area contributed by atoms with E-state index in [0.29, 0.717) is 30.5 Å². The molecule has 0 saturated heterocycles. The number of guanidine groups is 1. The zero-order valence-corrected chi connectivity index (χ0v) is 33.3. The van der Waals surface area contributed by atoms with Crippen molar-refractivity contribution in [2.45, 2.75) is 98.0 Å². The molecule has 0 aromatic heterocycles. The summed E-state index contributed by atoms with van der Waals surface area (Å²) in [6.07, 6.45) is 6.92. The van der Waals surface area contributed by atoms with Crippen molar-refractivity contribution in [3.8, 4) is 0 Å². The Balaban J connectivity index is 1.54. The average Bonchev–Trinajstić information content (AvgIpc) is 3.28. The third-order valence-corrected chi connectivity index (χ3v) is 15.3. The number of aliphatic hydroxyl groups is 3. The van der Waals surface area contributed by atoms with Gasteiger partial charge in [0.15, 0.2) is 11.7 Å². The number of ketones is 2. The standard InChI is InChI=1S/C44H60N4O7/c1-24-33(29(49)21-26(38(54)55)17-20-47-7)28(48-39(45)46)15-19-44(24)23-32(52)43(6)35-34(30(50)22-42(43,44)5)41(4)18-16-31(51)40(2,3)37(41)27(36(35)53)14-13-25-11-9-8-10-12-25/h8-15,19,21,24,27-29,32-33,36-37,47,49,52-53H,16-18,20,22-23H2,1-7H3,(H,54,55)(H4,45,46,48)/b14-13+,26-21+/t24-,27-,28+,29-,32+,33+,36-,37-,41-,42+,43+,44-/m1/s1. The molecule has 9 N–H and O–H groups in total. The fourth-order valence-corrected chi connectivity index (χ4v) is 12.5. The number of nitrogens with two attached hydrogens (primary N) is 2. The molecule has 1 aromatic carbocycles. The topological polar surface area (TPSA) is 209 Å². The number of carbonyl (C=O) groups is 3. The Morgan fingerprint density at radius 2 is 1.76 bits per heavy atom. The van der Waals surface area contributed by atoms with Gasteiger partial charge < -0.3 is 37.2 Å². The van der Waals surface area contributed by atoms with Crippen molar-refractivity contribution in [3.05, 3.63) is 76.9 Å². The number of aliphatic imine (C=N–C) groups is 1. The maximum atomic E-state index is 15.1. The van der Waals surface area contributed by atoms with E-state index in [1.165, 1.54) is 6.08 Å². The molecular weight excluding hydrogens is 697 g/mol. The van der Waals surface area contributed by atoms with Crippen molar-refractivity contribution < 1.29 is 34.8 Å². The largest absolute Gasteiger partial charge is 0.478 e. The number of nitrogens with one attached hydrogen (secondary N) is 1. The molecule has 55 heavy (non-hydrogen) atoms. The number of allylic oxidation sites excluding steroid dienone is 2. The van der Waals surface area contributed by atoms with Crippen molar-refractivity contribution in [3.63, 3.8) is 0 Å². The Bertz CT molecular complexity index is 1880. The maximum absolute atomic E-state index is 15.1. The normalized spacial score (nSPS) is 40.2. The van der Waals surface area contributed by atoms with Gasteiger partial charge in [0.2, 0.25) is 0 Å². The molecule has 0 bridgehead atoms. The summed E-state index contributed by atoms with van der Waals surface area (Å²) in [5.41, 5.74) is 9.27. The second-order valence-electron chi connectivity index (χ2n) is 18.1. The molecule has 0 heterocycles. The van der Waals surface area contributed by atoms with Crippen LogP contribution in [0.4, 0.5) is 0 Å². The first kappa shape index (κ1) is 40.8. The number of carboxylic acids is 1. The minimum absolute atomic E-state index is 0.0443. The van der Waals surface area contributed by atoms with Gasteiger partial charge >= 0.3 is 5.97 Å². The highest BCUT2D eigenvalue weighted by molar-refractivity contribution is 6.01. The quantitative estimate of drug-likeness (QED) is 0.0828. The Morgan fingerprint density at radius 3 is 2.38 bits per heavy atom. The smallest absolute Gasteiger partial charge is 0.331 e. The Hall–Kier alpha value is -3.90. The summed E-state index contributed by atoms with van der Waals surface area (Å²) in [6.45, 7) is 12.3. The molecule has 1 spiro atoms. The molecule has 0 unspecified atom stereocenters. The molecule has 11 nitrogen and oxygen atoms in total. The number of nitrogens with zero attached hydrogens (tertiary/aromatic N) is 1. The molecule has 12 atom stereocenters. The van der Waals surface area contributed by atoms with E-state index >= 15 is 4.79 Å². The van der Waals surface area contributed by atoms with Gasteiger partial charge in [-0.3, -0.25) is 9.59 Å². The molecule has 2 fully saturated rings. The van der Waals surface area contributed by atoms with Crippen LogP contribution in [0, 0.1) is 50.7 Å². The van der Waals surface area contributed by atoms with Gasteiger partial charge in [0.05, 0.1) is 24.4 Å². The van der Waals surface area contributed by atoms with Gasteiger partial charge in [-0.05, 0) is 67.3 Å². The lowest BCUT2D eigenvalue weighted by Gasteiger charge is -2.65. The number of carboxylic acid groups (broad SMARTS) is 1. The van der Waals surface area contributed by atoms with Crippen LogP contribution in [0.1, 0.15) is 79.2 Å². The third kappa shape index (κ3) is 5.99. The lowest BCUT2D eigenvalue weighted by molar-refractivity contribution is -0.152. The van der Waals surface area contributed by atoms with Gasteiger partial charge in [-0.1, -0.05) is 96.2 Å². The molecular formula is C44H60N4O7. The fourth-order valence-electron chi connectivity index (χ4n) is 12.5. The van der Waals surface area contributed by atoms with Gasteiger partial charge in [-0.15, -0.1) is 0 Å². The lowest BCUT2D eigenvalue weighted by Crippen LogP contribution is -2.64. The number of Topliss-reactive ketones (excluding diaryl/α,β-unsaturated/α-hetero) is 2. The van der Waals surface area contributed by atoms with Gasteiger partial charge in [0.1, 0.15) is 5.78 Å². The van der Waals surface area contributed by atoms with E-state index in [2.05, 4.69) is 17.2 Å². The number of hydrogen-bond donors (Lipinski definition) is 7. The Labute approximate surface area is 324 Å². The number of carbonyl (C=O) groups excluding carboxylic acids is 2. The number of aliphatic carboxylic acids is 1.